The molecule has 2 aromatic heterocycles. The standard InChI is InChI=1S/C17H25N3S/c1-4-18-16-14-11(2)12(3)21-17(14)20-15(19-16)13-9-7-5-6-8-10-13/h13H,4-10H2,1-3H3,(H,18,19,20). The van der Waals surface area contributed by atoms with E-state index in [-0.39, 0.29) is 0 Å². The van der Waals surface area contributed by atoms with Crippen LogP contribution in [0.25, 0.3) is 10.2 Å². The van der Waals surface area contributed by atoms with E-state index in [1.165, 1.54) is 54.4 Å². The number of rotatable bonds is 3. The van der Waals surface area contributed by atoms with Gasteiger partial charge in [0, 0.05) is 17.3 Å². The lowest BCUT2D eigenvalue weighted by Crippen LogP contribution is -2.08. The molecule has 0 aromatic carbocycles. The van der Waals surface area contributed by atoms with Gasteiger partial charge in [0.05, 0.1) is 5.39 Å². The highest BCUT2D eigenvalue weighted by atomic mass is 32.1. The summed E-state index contributed by atoms with van der Waals surface area (Å²) < 4.78 is 0. The Balaban J connectivity index is 2.07. The number of anilines is 1. The summed E-state index contributed by atoms with van der Waals surface area (Å²) in [5.41, 5.74) is 1.33. The molecular formula is C17H25N3S. The number of hydrogen-bond donors (Lipinski definition) is 1. The third-order valence-electron chi connectivity index (χ3n) is 4.61. The number of hydrogen-bond acceptors (Lipinski definition) is 4. The van der Waals surface area contributed by atoms with Crippen LogP contribution < -0.4 is 5.32 Å². The Labute approximate surface area is 131 Å². The molecule has 0 amide bonds. The van der Waals surface area contributed by atoms with Crippen molar-refractivity contribution in [2.24, 2.45) is 0 Å². The average Bonchev–Trinajstić information content (AvgIpc) is 2.69. The maximum Gasteiger partial charge on any atom is 0.138 e. The zero-order valence-corrected chi connectivity index (χ0v) is 14.1. The van der Waals surface area contributed by atoms with Gasteiger partial charge in [-0.2, -0.15) is 0 Å². The Morgan fingerprint density at radius 3 is 2.48 bits per heavy atom. The van der Waals surface area contributed by atoms with Crippen molar-refractivity contribution in [2.75, 3.05) is 11.9 Å². The normalized spacial score (nSPS) is 17.1. The van der Waals surface area contributed by atoms with Crippen LogP contribution in [0.3, 0.4) is 0 Å². The summed E-state index contributed by atoms with van der Waals surface area (Å²) in [6.45, 7) is 7.41. The second kappa shape index (κ2) is 6.30. The van der Waals surface area contributed by atoms with E-state index in [1.54, 1.807) is 0 Å². The minimum absolute atomic E-state index is 0.553. The molecule has 0 bridgehead atoms. The highest BCUT2D eigenvalue weighted by Crippen LogP contribution is 2.36. The minimum atomic E-state index is 0.553. The van der Waals surface area contributed by atoms with Crippen LogP contribution in [0.4, 0.5) is 5.82 Å². The summed E-state index contributed by atoms with van der Waals surface area (Å²) in [7, 11) is 0. The molecule has 0 aliphatic heterocycles. The zero-order valence-electron chi connectivity index (χ0n) is 13.3. The van der Waals surface area contributed by atoms with Crippen molar-refractivity contribution in [3.05, 3.63) is 16.3 Å². The van der Waals surface area contributed by atoms with E-state index in [4.69, 9.17) is 9.97 Å². The fourth-order valence-electron chi connectivity index (χ4n) is 3.28. The van der Waals surface area contributed by atoms with E-state index in [0.717, 1.165) is 23.0 Å². The third kappa shape index (κ3) is 2.91. The van der Waals surface area contributed by atoms with E-state index >= 15 is 0 Å². The van der Waals surface area contributed by atoms with Crippen molar-refractivity contribution in [3.8, 4) is 0 Å². The van der Waals surface area contributed by atoms with Crippen molar-refractivity contribution in [2.45, 2.75) is 65.2 Å². The molecule has 1 fully saturated rings. The number of aromatic nitrogens is 2. The molecule has 0 radical (unpaired) electrons. The SMILES string of the molecule is CCNc1nc(C2CCCCCC2)nc2sc(C)c(C)c12. The summed E-state index contributed by atoms with van der Waals surface area (Å²) in [6.07, 6.45) is 7.89. The summed E-state index contributed by atoms with van der Waals surface area (Å²) in [4.78, 5) is 12.4. The maximum absolute atomic E-state index is 4.93. The molecule has 2 heterocycles. The third-order valence-corrected chi connectivity index (χ3v) is 5.71. The monoisotopic (exact) mass is 303 g/mol. The van der Waals surface area contributed by atoms with Gasteiger partial charge in [-0.3, -0.25) is 0 Å². The van der Waals surface area contributed by atoms with Gasteiger partial charge >= 0.3 is 0 Å². The molecule has 0 saturated heterocycles. The van der Waals surface area contributed by atoms with Crippen molar-refractivity contribution < 1.29 is 0 Å². The van der Waals surface area contributed by atoms with Crippen LogP contribution >= 0.6 is 11.3 Å². The first kappa shape index (κ1) is 14.8. The van der Waals surface area contributed by atoms with Crippen LogP contribution in [-0.2, 0) is 0 Å². The van der Waals surface area contributed by atoms with Gasteiger partial charge in [0.15, 0.2) is 0 Å². The lowest BCUT2D eigenvalue weighted by atomic mass is 9.99. The second-order valence-electron chi connectivity index (χ2n) is 6.11. The first-order valence-electron chi connectivity index (χ1n) is 8.22. The molecule has 3 nitrogen and oxygen atoms in total. The summed E-state index contributed by atoms with van der Waals surface area (Å²) in [5.74, 6) is 2.67. The lowest BCUT2D eigenvalue weighted by Gasteiger charge is -2.14. The van der Waals surface area contributed by atoms with Gasteiger partial charge in [-0.25, -0.2) is 9.97 Å². The van der Waals surface area contributed by atoms with Crippen LogP contribution in [0.1, 0.15) is 67.6 Å². The van der Waals surface area contributed by atoms with Crippen LogP contribution in [-0.4, -0.2) is 16.5 Å². The molecule has 0 atom stereocenters. The number of nitrogens with one attached hydrogen (secondary N) is 1. The fraction of sp³-hybridized carbons (Fsp3) is 0.647. The Hall–Kier alpha value is -1.16. The van der Waals surface area contributed by atoms with Crippen LogP contribution in [0.2, 0.25) is 0 Å². The fourth-order valence-corrected chi connectivity index (χ4v) is 4.32. The summed E-state index contributed by atoms with van der Waals surface area (Å²) >= 11 is 1.81. The van der Waals surface area contributed by atoms with E-state index in [9.17, 15) is 0 Å². The molecular weight excluding hydrogens is 278 g/mol. The predicted octanol–water partition coefficient (Wildman–Crippen LogP) is 5.18. The Morgan fingerprint density at radius 2 is 1.81 bits per heavy atom. The van der Waals surface area contributed by atoms with Crippen LogP contribution in [0.5, 0.6) is 0 Å². The van der Waals surface area contributed by atoms with E-state index in [2.05, 4.69) is 26.1 Å². The average molecular weight is 303 g/mol. The Morgan fingerprint density at radius 1 is 1.10 bits per heavy atom. The molecule has 0 unspecified atom stereocenters. The number of thiophene rings is 1. The smallest absolute Gasteiger partial charge is 0.138 e. The number of nitrogens with zero attached hydrogens (tertiary/aromatic N) is 2. The topological polar surface area (TPSA) is 37.8 Å². The molecule has 1 aliphatic rings. The molecule has 4 heteroatoms. The molecule has 2 aromatic rings. The van der Waals surface area contributed by atoms with Crippen molar-refractivity contribution in [3.63, 3.8) is 0 Å². The Bertz CT molecular complexity index is 624. The summed E-state index contributed by atoms with van der Waals surface area (Å²) in [6, 6.07) is 0. The van der Waals surface area contributed by atoms with Crippen molar-refractivity contribution in [1.82, 2.24) is 9.97 Å². The largest absolute Gasteiger partial charge is 0.370 e. The predicted molar refractivity (Wildman–Crippen MR) is 91.5 cm³/mol. The van der Waals surface area contributed by atoms with E-state index in [0.29, 0.717) is 5.92 Å². The van der Waals surface area contributed by atoms with Crippen molar-refractivity contribution in [1.29, 1.82) is 0 Å². The van der Waals surface area contributed by atoms with Gasteiger partial charge in [0.25, 0.3) is 0 Å². The first-order valence-corrected chi connectivity index (χ1v) is 9.04. The molecule has 114 valence electrons. The zero-order chi connectivity index (χ0) is 14.8. The molecule has 21 heavy (non-hydrogen) atoms. The van der Waals surface area contributed by atoms with Gasteiger partial charge in [0.1, 0.15) is 16.5 Å². The lowest BCUT2D eigenvalue weighted by molar-refractivity contribution is 0.563. The van der Waals surface area contributed by atoms with Crippen molar-refractivity contribution >= 4 is 27.4 Å². The first-order chi connectivity index (χ1) is 10.2. The second-order valence-corrected chi connectivity index (χ2v) is 7.32. The van der Waals surface area contributed by atoms with Gasteiger partial charge in [-0.1, -0.05) is 25.7 Å². The molecule has 0 spiro atoms. The quantitative estimate of drug-likeness (QED) is 0.794. The summed E-state index contributed by atoms with van der Waals surface area (Å²) in [5, 5.41) is 4.69. The Kier molecular flexibility index (Phi) is 4.43. The van der Waals surface area contributed by atoms with Gasteiger partial charge < -0.3 is 5.32 Å². The van der Waals surface area contributed by atoms with E-state index in [1.807, 2.05) is 11.3 Å². The van der Waals surface area contributed by atoms with Crippen LogP contribution in [0, 0.1) is 13.8 Å². The van der Waals surface area contributed by atoms with Gasteiger partial charge in [-0.15, -0.1) is 11.3 Å². The van der Waals surface area contributed by atoms with E-state index < -0.39 is 0 Å². The molecule has 1 N–H and O–H groups in total. The highest BCUT2D eigenvalue weighted by Gasteiger charge is 2.21. The van der Waals surface area contributed by atoms with Gasteiger partial charge in [-0.05, 0) is 39.2 Å². The minimum Gasteiger partial charge on any atom is -0.370 e. The van der Waals surface area contributed by atoms with Crippen LogP contribution in [0.15, 0.2) is 0 Å². The number of fused-ring (bicyclic) bond motifs is 1. The number of aryl methyl sites for hydroxylation is 2. The molecule has 3 rings (SSSR count). The molecule has 1 aliphatic carbocycles. The highest BCUT2D eigenvalue weighted by molar-refractivity contribution is 7.18. The van der Waals surface area contributed by atoms with Gasteiger partial charge in [0.2, 0.25) is 0 Å². The maximum atomic E-state index is 4.93. The molecule has 1 saturated carbocycles.